The second kappa shape index (κ2) is 7.29. The quantitative estimate of drug-likeness (QED) is 0.832. The Hall–Kier alpha value is -2.43. The van der Waals surface area contributed by atoms with Gasteiger partial charge in [0, 0.05) is 43.1 Å². The maximum absolute atomic E-state index is 12.3. The van der Waals surface area contributed by atoms with Crippen LogP contribution in [0.4, 0.5) is 5.82 Å². The summed E-state index contributed by atoms with van der Waals surface area (Å²) in [5, 5.41) is 8.98. The second-order valence-electron chi connectivity index (χ2n) is 8.28. The molecule has 1 amide bonds. The number of benzene rings is 1. The number of piperidine rings is 2. The van der Waals surface area contributed by atoms with Crippen molar-refractivity contribution >= 4 is 11.7 Å². The minimum Gasteiger partial charge on any atom is -0.355 e. The molecule has 4 rings (SSSR count). The lowest BCUT2D eigenvalue weighted by atomic mass is 9.73. The van der Waals surface area contributed by atoms with Crippen LogP contribution in [0.25, 0.3) is 11.3 Å². The number of carbonyl (C=O) groups excluding carboxylic acids is 1. The number of hydrogen-bond acceptors (Lipinski definition) is 4. The third-order valence-corrected chi connectivity index (χ3v) is 6.02. The van der Waals surface area contributed by atoms with Gasteiger partial charge in [-0.25, -0.2) is 0 Å². The number of hydrogen-bond donors (Lipinski definition) is 0. The molecule has 0 radical (unpaired) electrons. The Labute approximate surface area is 161 Å². The summed E-state index contributed by atoms with van der Waals surface area (Å²) >= 11 is 0. The van der Waals surface area contributed by atoms with Crippen molar-refractivity contribution in [1.29, 1.82) is 0 Å². The van der Waals surface area contributed by atoms with Gasteiger partial charge in [0.2, 0.25) is 5.91 Å². The Bertz CT molecular complexity index is 790. The fourth-order valence-electron chi connectivity index (χ4n) is 4.51. The van der Waals surface area contributed by atoms with Crippen molar-refractivity contribution in [2.75, 3.05) is 24.5 Å². The highest BCUT2D eigenvalue weighted by atomic mass is 16.2. The van der Waals surface area contributed by atoms with Crippen LogP contribution in [0.3, 0.4) is 0 Å². The summed E-state index contributed by atoms with van der Waals surface area (Å²) in [6.07, 6.45) is 3.99. The van der Waals surface area contributed by atoms with Crippen LogP contribution in [0.1, 0.15) is 39.5 Å². The monoisotopic (exact) mass is 364 g/mol. The van der Waals surface area contributed by atoms with Gasteiger partial charge in [0.1, 0.15) is 0 Å². The molecule has 3 heterocycles. The maximum atomic E-state index is 12.3. The van der Waals surface area contributed by atoms with Crippen LogP contribution in [0.15, 0.2) is 42.5 Å². The van der Waals surface area contributed by atoms with E-state index in [9.17, 15) is 4.79 Å². The summed E-state index contributed by atoms with van der Waals surface area (Å²) in [6, 6.07) is 14.6. The first-order valence-electron chi connectivity index (χ1n) is 10.00. The molecular formula is C22H28N4O. The first-order chi connectivity index (χ1) is 13.1. The standard InChI is InChI=1S/C22H28N4O/c1-17(2)26-16-22(13-11-21(26)27)12-6-14-25(15-22)20-10-9-19(23-24-20)18-7-4-3-5-8-18/h3-5,7-10,17H,6,11-16H2,1-2H3/t22-/m0/s1. The van der Waals surface area contributed by atoms with Gasteiger partial charge in [-0.3, -0.25) is 4.79 Å². The second-order valence-corrected chi connectivity index (χ2v) is 8.28. The van der Waals surface area contributed by atoms with Gasteiger partial charge < -0.3 is 9.80 Å². The van der Waals surface area contributed by atoms with Gasteiger partial charge in [-0.2, -0.15) is 0 Å². The van der Waals surface area contributed by atoms with E-state index in [1.807, 2.05) is 18.2 Å². The molecular weight excluding hydrogens is 336 g/mol. The first kappa shape index (κ1) is 18.0. The number of nitrogens with zero attached hydrogens (tertiary/aromatic N) is 4. The van der Waals surface area contributed by atoms with Crippen LogP contribution in [-0.4, -0.2) is 46.7 Å². The lowest BCUT2D eigenvalue weighted by Gasteiger charge is -2.49. The summed E-state index contributed by atoms with van der Waals surface area (Å²) in [6.45, 7) is 7.08. The van der Waals surface area contributed by atoms with Crippen molar-refractivity contribution in [1.82, 2.24) is 15.1 Å². The van der Waals surface area contributed by atoms with E-state index >= 15 is 0 Å². The molecule has 27 heavy (non-hydrogen) atoms. The van der Waals surface area contributed by atoms with Crippen molar-refractivity contribution in [2.45, 2.75) is 45.6 Å². The van der Waals surface area contributed by atoms with Gasteiger partial charge in [0.25, 0.3) is 0 Å². The van der Waals surface area contributed by atoms with Gasteiger partial charge in [-0.05, 0) is 45.2 Å². The predicted molar refractivity (Wildman–Crippen MR) is 107 cm³/mol. The number of rotatable bonds is 3. The Kier molecular flexibility index (Phi) is 4.85. The Morgan fingerprint density at radius 3 is 2.52 bits per heavy atom. The normalized spacial score (nSPS) is 23.3. The topological polar surface area (TPSA) is 49.3 Å². The average molecular weight is 364 g/mol. The van der Waals surface area contributed by atoms with E-state index in [2.05, 4.69) is 58.1 Å². The molecule has 5 heteroatoms. The molecule has 5 nitrogen and oxygen atoms in total. The zero-order valence-corrected chi connectivity index (χ0v) is 16.3. The highest BCUT2D eigenvalue weighted by molar-refractivity contribution is 5.77. The van der Waals surface area contributed by atoms with Crippen molar-refractivity contribution in [3.8, 4) is 11.3 Å². The van der Waals surface area contributed by atoms with Gasteiger partial charge in [0.05, 0.1) is 5.69 Å². The zero-order chi connectivity index (χ0) is 18.9. The number of aromatic nitrogens is 2. The molecule has 1 aromatic carbocycles. The molecule has 1 aromatic heterocycles. The van der Waals surface area contributed by atoms with E-state index in [0.29, 0.717) is 12.3 Å². The summed E-state index contributed by atoms with van der Waals surface area (Å²) in [4.78, 5) is 16.7. The molecule has 2 aliphatic rings. The molecule has 0 N–H and O–H groups in total. The van der Waals surface area contributed by atoms with E-state index in [1.165, 1.54) is 6.42 Å². The molecule has 0 saturated carbocycles. The average Bonchev–Trinajstić information content (AvgIpc) is 2.71. The van der Waals surface area contributed by atoms with E-state index in [-0.39, 0.29) is 11.5 Å². The van der Waals surface area contributed by atoms with Crippen LogP contribution in [0.5, 0.6) is 0 Å². The minimum absolute atomic E-state index is 0.191. The molecule has 1 atom stereocenters. The SMILES string of the molecule is CC(C)N1C[C@@]2(CCCN(c3ccc(-c4ccccc4)nn3)C2)CCC1=O. The molecule has 2 saturated heterocycles. The van der Waals surface area contributed by atoms with Crippen molar-refractivity contribution in [3.63, 3.8) is 0 Å². The van der Waals surface area contributed by atoms with Crippen LogP contribution in [0, 0.1) is 5.41 Å². The molecule has 2 fully saturated rings. The van der Waals surface area contributed by atoms with Gasteiger partial charge in [0.15, 0.2) is 5.82 Å². The third-order valence-electron chi connectivity index (χ3n) is 6.02. The van der Waals surface area contributed by atoms with Gasteiger partial charge in [-0.15, -0.1) is 10.2 Å². The Morgan fingerprint density at radius 1 is 1.00 bits per heavy atom. The smallest absolute Gasteiger partial charge is 0.222 e. The number of carbonyl (C=O) groups is 1. The van der Waals surface area contributed by atoms with Gasteiger partial charge in [-0.1, -0.05) is 30.3 Å². The summed E-state index contributed by atoms with van der Waals surface area (Å²) < 4.78 is 0. The maximum Gasteiger partial charge on any atom is 0.222 e. The van der Waals surface area contributed by atoms with Crippen LogP contribution >= 0.6 is 0 Å². The van der Waals surface area contributed by atoms with Crippen molar-refractivity contribution in [3.05, 3.63) is 42.5 Å². The zero-order valence-electron chi connectivity index (χ0n) is 16.3. The highest BCUT2D eigenvalue weighted by Gasteiger charge is 2.42. The largest absolute Gasteiger partial charge is 0.355 e. The Balaban J connectivity index is 1.51. The number of likely N-dealkylation sites (tertiary alicyclic amines) is 1. The fraction of sp³-hybridized carbons (Fsp3) is 0.500. The third kappa shape index (κ3) is 3.68. The molecule has 1 spiro atoms. The fourth-order valence-corrected chi connectivity index (χ4v) is 4.51. The summed E-state index contributed by atoms with van der Waals surface area (Å²) in [5.74, 6) is 1.25. The van der Waals surface area contributed by atoms with Crippen molar-refractivity contribution in [2.24, 2.45) is 5.41 Å². The molecule has 2 aliphatic heterocycles. The predicted octanol–water partition coefficient (Wildman–Crippen LogP) is 3.76. The van der Waals surface area contributed by atoms with Gasteiger partial charge >= 0.3 is 0 Å². The minimum atomic E-state index is 0.191. The summed E-state index contributed by atoms with van der Waals surface area (Å²) in [5.41, 5.74) is 2.18. The highest BCUT2D eigenvalue weighted by Crippen LogP contribution is 2.40. The van der Waals surface area contributed by atoms with Crippen LogP contribution in [-0.2, 0) is 4.79 Å². The molecule has 0 bridgehead atoms. The van der Waals surface area contributed by atoms with Crippen molar-refractivity contribution < 1.29 is 4.79 Å². The lowest BCUT2D eigenvalue weighted by Crippen LogP contribution is -2.55. The number of amides is 1. The number of anilines is 1. The van der Waals surface area contributed by atoms with E-state index in [1.54, 1.807) is 0 Å². The molecule has 0 aliphatic carbocycles. The van der Waals surface area contributed by atoms with E-state index in [4.69, 9.17) is 0 Å². The molecule has 0 unspecified atom stereocenters. The van der Waals surface area contributed by atoms with E-state index < -0.39 is 0 Å². The Morgan fingerprint density at radius 2 is 1.81 bits per heavy atom. The lowest BCUT2D eigenvalue weighted by molar-refractivity contribution is -0.140. The molecule has 2 aromatic rings. The van der Waals surface area contributed by atoms with Crippen LogP contribution in [0.2, 0.25) is 0 Å². The first-order valence-corrected chi connectivity index (χ1v) is 10.00. The molecule has 142 valence electrons. The van der Waals surface area contributed by atoms with Crippen LogP contribution < -0.4 is 4.90 Å². The summed E-state index contributed by atoms with van der Waals surface area (Å²) in [7, 11) is 0. The van der Waals surface area contributed by atoms with E-state index in [0.717, 1.165) is 49.6 Å².